The van der Waals surface area contributed by atoms with Gasteiger partial charge in [0.2, 0.25) is 0 Å². The van der Waals surface area contributed by atoms with Crippen LogP contribution in [0.4, 0.5) is 5.69 Å². The summed E-state index contributed by atoms with van der Waals surface area (Å²) in [6.45, 7) is 7.23. The smallest absolute Gasteiger partial charge is 0.154 e. The number of aromatic nitrogens is 1. The van der Waals surface area contributed by atoms with E-state index in [2.05, 4.69) is 10.3 Å². The van der Waals surface area contributed by atoms with E-state index in [4.69, 9.17) is 23.2 Å². The topological polar surface area (TPSA) is 45.2 Å². The molecule has 1 aromatic rings. The quantitative estimate of drug-likeness (QED) is 0.823. The Labute approximate surface area is 106 Å². The average Bonchev–Trinajstić information content (AvgIpc) is 2.08. The highest BCUT2D eigenvalue weighted by Gasteiger charge is 2.23. The summed E-state index contributed by atoms with van der Waals surface area (Å²) in [7, 11) is 0. The second kappa shape index (κ2) is 4.78. The molecule has 0 radical (unpaired) electrons. The Balaban J connectivity index is 2.98. The van der Waals surface area contributed by atoms with E-state index in [-0.39, 0.29) is 6.04 Å². The molecule has 3 nitrogen and oxygen atoms in total. The van der Waals surface area contributed by atoms with Gasteiger partial charge in [-0.3, -0.25) is 0 Å². The molecule has 1 heterocycles. The van der Waals surface area contributed by atoms with E-state index in [1.807, 2.05) is 13.8 Å². The SMILES string of the molecule is Cc1cc(Cl)nc(Cl)c1NC(C)C(C)(C)O. The van der Waals surface area contributed by atoms with Crippen molar-refractivity contribution in [2.45, 2.75) is 39.3 Å². The summed E-state index contributed by atoms with van der Waals surface area (Å²) in [6, 6.07) is 1.58. The minimum Gasteiger partial charge on any atom is -0.388 e. The van der Waals surface area contributed by atoms with Gasteiger partial charge in [-0.1, -0.05) is 23.2 Å². The van der Waals surface area contributed by atoms with Crippen LogP contribution in [0.15, 0.2) is 6.07 Å². The molecule has 0 aromatic carbocycles. The summed E-state index contributed by atoms with van der Waals surface area (Å²) < 4.78 is 0. The molecule has 0 spiro atoms. The fraction of sp³-hybridized carbons (Fsp3) is 0.545. The van der Waals surface area contributed by atoms with Crippen molar-refractivity contribution in [1.82, 2.24) is 4.98 Å². The summed E-state index contributed by atoms with van der Waals surface area (Å²) in [5.41, 5.74) is 0.775. The zero-order chi connectivity index (χ0) is 12.5. The zero-order valence-electron chi connectivity index (χ0n) is 9.81. The normalized spacial score (nSPS) is 13.7. The van der Waals surface area contributed by atoms with E-state index >= 15 is 0 Å². The fourth-order valence-corrected chi connectivity index (χ4v) is 1.75. The summed E-state index contributed by atoms with van der Waals surface area (Å²) in [4.78, 5) is 3.96. The molecule has 0 amide bonds. The Kier molecular flexibility index (Phi) is 4.05. The third-order valence-electron chi connectivity index (χ3n) is 2.56. The van der Waals surface area contributed by atoms with Crippen molar-refractivity contribution < 1.29 is 5.11 Å². The number of hydrogen-bond donors (Lipinski definition) is 2. The van der Waals surface area contributed by atoms with E-state index < -0.39 is 5.60 Å². The molecule has 0 bridgehead atoms. The van der Waals surface area contributed by atoms with Gasteiger partial charge in [-0.25, -0.2) is 4.98 Å². The predicted molar refractivity (Wildman–Crippen MR) is 68.4 cm³/mol. The highest BCUT2D eigenvalue weighted by molar-refractivity contribution is 6.34. The van der Waals surface area contributed by atoms with Crippen LogP contribution in [0, 0.1) is 6.92 Å². The van der Waals surface area contributed by atoms with Gasteiger partial charge >= 0.3 is 0 Å². The second-order valence-corrected chi connectivity index (χ2v) is 5.19. The lowest BCUT2D eigenvalue weighted by Crippen LogP contribution is -2.39. The predicted octanol–water partition coefficient (Wildman–Crippen LogP) is 3.27. The van der Waals surface area contributed by atoms with Gasteiger partial charge in [0.15, 0.2) is 5.15 Å². The van der Waals surface area contributed by atoms with Gasteiger partial charge in [-0.2, -0.15) is 0 Å². The summed E-state index contributed by atoms with van der Waals surface area (Å²) in [6.07, 6.45) is 0. The van der Waals surface area contributed by atoms with Crippen molar-refractivity contribution >= 4 is 28.9 Å². The first-order chi connectivity index (χ1) is 7.21. The minimum atomic E-state index is -0.838. The fourth-order valence-electron chi connectivity index (χ4n) is 1.16. The van der Waals surface area contributed by atoms with Crippen LogP contribution < -0.4 is 5.32 Å². The van der Waals surface area contributed by atoms with Gasteiger partial charge in [0.25, 0.3) is 0 Å². The number of aryl methyl sites for hydroxylation is 1. The van der Waals surface area contributed by atoms with Crippen LogP contribution in [0.1, 0.15) is 26.3 Å². The number of pyridine rings is 1. The van der Waals surface area contributed by atoms with E-state index in [9.17, 15) is 5.11 Å². The van der Waals surface area contributed by atoms with E-state index in [0.29, 0.717) is 16.0 Å². The molecule has 0 aliphatic rings. The number of anilines is 1. The maximum atomic E-state index is 9.83. The summed E-state index contributed by atoms with van der Waals surface area (Å²) in [5.74, 6) is 0. The number of nitrogens with zero attached hydrogens (tertiary/aromatic N) is 1. The van der Waals surface area contributed by atoms with Crippen LogP contribution >= 0.6 is 23.2 Å². The lowest BCUT2D eigenvalue weighted by molar-refractivity contribution is 0.0649. The molecule has 0 saturated heterocycles. The molecule has 0 aliphatic heterocycles. The van der Waals surface area contributed by atoms with Gasteiger partial charge in [0, 0.05) is 0 Å². The third kappa shape index (κ3) is 3.24. The summed E-state index contributed by atoms with van der Waals surface area (Å²) in [5, 5.41) is 13.7. The number of halogens is 2. The maximum Gasteiger partial charge on any atom is 0.154 e. The van der Waals surface area contributed by atoms with Gasteiger partial charge in [-0.15, -0.1) is 0 Å². The molecule has 90 valence electrons. The van der Waals surface area contributed by atoms with Crippen LogP contribution in [0.5, 0.6) is 0 Å². The molecule has 16 heavy (non-hydrogen) atoms. The third-order valence-corrected chi connectivity index (χ3v) is 3.03. The van der Waals surface area contributed by atoms with Crippen LogP contribution in [0.3, 0.4) is 0 Å². The Morgan fingerprint density at radius 2 is 2.00 bits per heavy atom. The first-order valence-corrected chi connectivity index (χ1v) is 5.79. The van der Waals surface area contributed by atoms with Crippen molar-refractivity contribution in [3.8, 4) is 0 Å². The number of hydrogen-bond acceptors (Lipinski definition) is 3. The van der Waals surface area contributed by atoms with Crippen molar-refractivity contribution in [3.05, 3.63) is 21.9 Å². The molecule has 1 aromatic heterocycles. The van der Waals surface area contributed by atoms with Crippen molar-refractivity contribution in [2.75, 3.05) is 5.32 Å². The molecule has 0 fully saturated rings. The molecule has 2 N–H and O–H groups in total. The van der Waals surface area contributed by atoms with Crippen LogP contribution in [0.2, 0.25) is 10.3 Å². The van der Waals surface area contributed by atoms with Crippen LogP contribution in [-0.4, -0.2) is 21.7 Å². The number of aliphatic hydroxyl groups is 1. The van der Waals surface area contributed by atoms with Gasteiger partial charge < -0.3 is 10.4 Å². The standard InChI is InChI=1S/C11H16Cl2N2O/c1-6-5-8(12)15-10(13)9(6)14-7(2)11(3,4)16/h5,7,14,16H,1-4H3. The first-order valence-electron chi connectivity index (χ1n) is 5.03. The van der Waals surface area contributed by atoms with Crippen LogP contribution in [-0.2, 0) is 0 Å². The number of rotatable bonds is 3. The van der Waals surface area contributed by atoms with Crippen molar-refractivity contribution in [3.63, 3.8) is 0 Å². The lowest BCUT2D eigenvalue weighted by atomic mass is 10.0. The Morgan fingerprint density at radius 1 is 1.44 bits per heavy atom. The maximum absolute atomic E-state index is 9.83. The van der Waals surface area contributed by atoms with Gasteiger partial charge in [-0.05, 0) is 39.3 Å². The van der Waals surface area contributed by atoms with Gasteiger partial charge in [0.1, 0.15) is 5.15 Å². The molecule has 0 aliphatic carbocycles. The Hall–Kier alpha value is -0.510. The largest absolute Gasteiger partial charge is 0.388 e. The molecular weight excluding hydrogens is 247 g/mol. The van der Waals surface area contributed by atoms with Crippen molar-refractivity contribution in [1.29, 1.82) is 0 Å². The monoisotopic (exact) mass is 262 g/mol. The molecule has 5 heteroatoms. The minimum absolute atomic E-state index is 0.147. The first kappa shape index (κ1) is 13.6. The average molecular weight is 263 g/mol. The molecule has 0 saturated carbocycles. The highest BCUT2D eigenvalue weighted by Crippen LogP contribution is 2.28. The lowest BCUT2D eigenvalue weighted by Gasteiger charge is -2.28. The van der Waals surface area contributed by atoms with Gasteiger partial charge in [0.05, 0.1) is 17.3 Å². The molecule has 1 atom stereocenters. The van der Waals surface area contributed by atoms with E-state index in [1.165, 1.54) is 0 Å². The highest BCUT2D eigenvalue weighted by atomic mass is 35.5. The van der Waals surface area contributed by atoms with E-state index in [0.717, 1.165) is 5.56 Å². The Bertz CT molecular complexity index is 365. The molecule has 1 unspecified atom stereocenters. The summed E-state index contributed by atoms with van der Waals surface area (Å²) >= 11 is 11.8. The Morgan fingerprint density at radius 3 is 2.44 bits per heavy atom. The van der Waals surface area contributed by atoms with E-state index in [1.54, 1.807) is 19.9 Å². The zero-order valence-corrected chi connectivity index (χ0v) is 11.3. The second-order valence-electron chi connectivity index (χ2n) is 4.45. The van der Waals surface area contributed by atoms with Crippen molar-refractivity contribution in [2.24, 2.45) is 0 Å². The molecular formula is C11H16Cl2N2O. The van der Waals surface area contributed by atoms with Crippen LogP contribution in [0.25, 0.3) is 0 Å². The molecule has 1 rings (SSSR count). The number of nitrogens with one attached hydrogen (secondary N) is 1.